The molecule has 0 aromatic heterocycles. The molecule has 0 spiro atoms. The number of methoxy groups -OCH3 is 1. The molecule has 1 aliphatic rings. The van der Waals surface area contributed by atoms with Crippen LogP contribution in [0.3, 0.4) is 0 Å². The topological polar surface area (TPSA) is 58.6 Å². The van der Waals surface area contributed by atoms with Crippen LogP contribution in [-0.2, 0) is 9.59 Å². The molecule has 0 radical (unpaired) electrons. The Bertz CT molecular complexity index is 1220. The first kappa shape index (κ1) is 20.7. The van der Waals surface area contributed by atoms with Crippen LogP contribution in [0.2, 0.25) is 5.02 Å². The van der Waals surface area contributed by atoms with E-state index in [0.717, 1.165) is 11.3 Å². The van der Waals surface area contributed by atoms with E-state index in [1.807, 2.05) is 31.2 Å². The molecule has 0 aliphatic carbocycles. The zero-order chi connectivity index (χ0) is 22.1. The first-order valence-corrected chi connectivity index (χ1v) is 10.2. The van der Waals surface area contributed by atoms with Gasteiger partial charge in [-0.3, -0.25) is 9.59 Å². The molecule has 0 saturated carbocycles. The highest BCUT2D eigenvalue weighted by Crippen LogP contribution is 2.37. The normalized spacial score (nSPS) is 13.7. The highest BCUT2D eigenvalue weighted by Gasteiger charge is 2.41. The number of imide groups is 1. The molecule has 1 heterocycles. The van der Waals surface area contributed by atoms with Crippen molar-refractivity contribution in [1.29, 1.82) is 0 Å². The number of amides is 2. The van der Waals surface area contributed by atoms with Gasteiger partial charge < -0.3 is 10.1 Å². The first-order valence-electron chi connectivity index (χ1n) is 9.77. The van der Waals surface area contributed by atoms with E-state index in [2.05, 4.69) is 5.32 Å². The molecule has 3 aromatic rings. The third-order valence-corrected chi connectivity index (χ3v) is 5.76. The minimum atomic E-state index is -0.426. The number of benzene rings is 3. The van der Waals surface area contributed by atoms with Crippen molar-refractivity contribution in [3.8, 4) is 5.75 Å². The summed E-state index contributed by atoms with van der Waals surface area (Å²) in [6, 6.07) is 19.9. The predicted molar refractivity (Wildman–Crippen MR) is 123 cm³/mol. The van der Waals surface area contributed by atoms with Gasteiger partial charge in [0, 0.05) is 10.7 Å². The van der Waals surface area contributed by atoms with Crippen molar-refractivity contribution in [2.45, 2.75) is 13.8 Å². The van der Waals surface area contributed by atoms with Crippen molar-refractivity contribution in [1.82, 2.24) is 0 Å². The molecule has 5 nitrogen and oxygen atoms in total. The average molecular weight is 433 g/mol. The summed E-state index contributed by atoms with van der Waals surface area (Å²) in [5.74, 6) is -0.168. The summed E-state index contributed by atoms with van der Waals surface area (Å²) in [5.41, 5.74) is 4.00. The van der Waals surface area contributed by atoms with Crippen LogP contribution < -0.4 is 15.0 Å². The van der Waals surface area contributed by atoms with Gasteiger partial charge in [-0.1, -0.05) is 48.0 Å². The van der Waals surface area contributed by atoms with Crippen molar-refractivity contribution >= 4 is 40.4 Å². The van der Waals surface area contributed by atoms with E-state index >= 15 is 0 Å². The van der Waals surface area contributed by atoms with Gasteiger partial charge in [-0.25, -0.2) is 4.90 Å². The zero-order valence-corrected chi connectivity index (χ0v) is 18.2. The fourth-order valence-electron chi connectivity index (χ4n) is 3.58. The van der Waals surface area contributed by atoms with E-state index < -0.39 is 11.8 Å². The SMILES string of the molecule is COc1ccc(C2=C(Nc3ccccc3C)C(=O)N(c3cccc(Cl)c3C)C2=O)cc1. The fraction of sp³-hybridized carbons (Fsp3) is 0.120. The van der Waals surface area contributed by atoms with Crippen LogP contribution in [0.15, 0.2) is 72.4 Å². The zero-order valence-electron chi connectivity index (χ0n) is 17.4. The van der Waals surface area contributed by atoms with Gasteiger partial charge in [-0.2, -0.15) is 0 Å². The number of halogens is 1. The number of carbonyl (C=O) groups excluding carboxylic acids is 2. The van der Waals surface area contributed by atoms with Crippen LogP contribution in [0.5, 0.6) is 5.75 Å². The van der Waals surface area contributed by atoms with Gasteiger partial charge in [0.2, 0.25) is 0 Å². The number of rotatable bonds is 5. The molecule has 0 fully saturated rings. The molecule has 31 heavy (non-hydrogen) atoms. The van der Waals surface area contributed by atoms with Crippen molar-refractivity contribution in [3.63, 3.8) is 0 Å². The van der Waals surface area contributed by atoms with Gasteiger partial charge in [0.25, 0.3) is 11.8 Å². The number of ether oxygens (including phenoxy) is 1. The first-order chi connectivity index (χ1) is 14.9. The van der Waals surface area contributed by atoms with E-state index in [1.54, 1.807) is 56.5 Å². The quantitative estimate of drug-likeness (QED) is 0.551. The molecule has 0 bridgehead atoms. The second-order valence-electron chi connectivity index (χ2n) is 7.25. The molecular weight excluding hydrogens is 412 g/mol. The Balaban J connectivity index is 1.86. The largest absolute Gasteiger partial charge is 0.497 e. The summed E-state index contributed by atoms with van der Waals surface area (Å²) in [6.07, 6.45) is 0. The number of carbonyl (C=O) groups is 2. The van der Waals surface area contributed by atoms with Crippen molar-refractivity contribution in [2.24, 2.45) is 0 Å². The third kappa shape index (κ3) is 3.68. The lowest BCUT2D eigenvalue weighted by atomic mass is 10.0. The highest BCUT2D eigenvalue weighted by molar-refractivity contribution is 6.46. The van der Waals surface area contributed by atoms with Gasteiger partial charge in [-0.15, -0.1) is 0 Å². The smallest absolute Gasteiger partial charge is 0.282 e. The average Bonchev–Trinajstić information content (AvgIpc) is 3.01. The summed E-state index contributed by atoms with van der Waals surface area (Å²) >= 11 is 6.27. The van der Waals surface area contributed by atoms with E-state index in [9.17, 15) is 9.59 Å². The molecule has 4 rings (SSSR count). The Morgan fingerprint density at radius 2 is 1.58 bits per heavy atom. The number of hydrogen-bond acceptors (Lipinski definition) is 4. The molecule has 156 valence electrons. The lowest BCUT2D eigenvalue weighted by molar-refractivity contribution is -0.120. The number of hydrogen-bond donors (Lipinski definition) is 1. The standard InChI is InChI=1S/C25H21ClN2O3/c1-15-7-4-5-9-20(15)27-23-22(17-11-13-18(31-3)14-12-17)24(29)28(25(23)30)21-10-6-8-19(26)16(21)2/h4-14,27H,1-3H3. The monoisotopic (exact) mass is 432 g/mol. The number of aryl methyl sites for hydroxylation is 1. The van der Waals surface area contributed by atoms with E-state index in [0.29, 0.717) is 33.2 Å². The minimum absolute atomic E-state index is 0.226. The number of anilines is 2. The van der Waals surface area contributed by atoms with Crippen LogP contribution in [0.25, 0.3) is 5.57 Å². The summed E-state index contributed by atoms with van der Waals surface area (Å²) in [6.45, 7) is 3.73. The van der Waals surface area contributed by atoms with E-state index in [-0.39, 0.29) is 5.70 Å². The third-order valence-electron chi connectivity index (χ3n) is 5.35. The Morgan fingerprint density at radius 1 is 0.871 bits per heavy atom. The maximum atomic E-state index is 13.6. The fourth-order valence-corrected chi connectivity index (χ4v) is 3.75. The minimum Gasteiger partial charge on any atom is -0.497 e. The molecular formula is C25H21ClN2O3. The Labute approximate surface area is 185 Å². The summed E-state index contributed by atoms with van der Waals surface area (Å²) in [4.78, 5) is 28.3. The molecule has 0 unspecified atom stereocenters. The Morgan fingerprint density at radius 3 is 2.26 bits per heavy atom. The van der Waals surface area contributed by atoms with Crippen molar-refractivity contribution in [3.05, 3.63) is 94.1 Å². The van der Waals surface area contributed by atoms with Crippen molar-refractivity contribution in [2.75, 3.05) is 17.3 Å². The van der Waals surface area contributed by atoms with E-state index in [1.165, 1.54) is 4.90 Å². The van der Waals surface area contributed by atoms with Gasteiger partial charge in [0.05, 0.1) is 18.4 Å². The summed E-state index contributed by atoms with van der Waals surface area (Å²) < 4.78 is 5.23. The summed E-state index contributed by atoms with van der Waals surface area (Å²) in [5, 5.41) is 3.69. The van der Waals surface area contributed by atoms with Gasteiger partial charge in [0.1, 0.15) is 11.4 Å². The second kappa shape index (κ2) is 8.28. The van der Waals surface area contributed by atoms with Crippen molar-refractivity contribution < 1.29 is 14.3 Å². The highest BCUT2D eigenvalue weighted by atomic mass is 35.5. The van der Waals surface area contributed by atoms with Crippen LogP contribution in [0, 0.1) is 13.8 Å². The summed E-state index contributed by atoms with van der Waals surface area (Å²) in [7, 11) is 1.58. The van der Waals surface area contributed by atoms with Gasteiger partial charge in [-0.05, 0) is 60.9 Å². The number of nitrogens with one attached hydrogen (secondary N) is 1. The Kier molecular flexibility index (Phi) is 5.53. The molecule has 6 heteroatoms. The lowest BCUT2D eigenvalue weighted by Crippen LogP contribution is -2.33. The van der Waals surface area contributed by atoms with Crippen LogP contribution >= 0.6 is 11.6 Å². The van der Waals surface area contributed by atoms with Gasteiger partial charge >= 0.3 is 0 Å². The maximum Gasteiger partial charge on any atom is 0.282 e. The second-order valence-corrected chi connectivity index (χ2v) is 7.66. The van der Waals surface area contributed by atoms with E-state index in [4.69, 9.17) is 16.3 Å². The van der Waals surface area contributed by atoms with Gasteiger partial charge in [0.15, 0.2) is 0 Å². The van der Waals surface area contributed by atoms with Crippen LogP contribution in [0.4, 0.5) is 11.4 Å². The molecule has 0 atom stereocenters. The number of nitrogens with zero attached hydrogens (tertiary/aromatic N) is 1. The number of para-hydroxylation sites is 1. The van der Waals surface area contributed by atoms with Crippen LogP contribution in [0.1, 0.15) is 16.7 Å². The maximum absolute atomic E-state index is 13.6. The molecule has 2 amide bonds. The lowest BCUT2D eigenvalue weighted by Gasteiger charge is -2.18. The predicted octanol–water partition coefficient (Wildman–Crippen LogP) is 5.36. The molecule has 0 saturated heterocycles. The molecule has 3 aromatic carbocycles. The van der Waals surface area contributed by atoms with Crippen LogP contribution in [-0.4, -0.2) is 18.9 Å². The molecule has 1 N–H and O–H groups in total. The molecule has 1 aliphatic heterocycles. The Hall–Kier alpha value is -3.57.